The summed E-state index contributed by atoms with van der Waals surface area (Å²) in [6.07, 6.45) is 5.14. The Hall–Kier alpha value is -2.81. The number of ketones is 1. The maximum Gasteiger partial charge on any atom is 0.328 e. The maximum atomic E-state index is 13.2. The number of ether oxygens (including phenoxy) is 4. The van der Waals surface area contributed by atoms with Crippen molar-refractivity contribution in [3.63, 3.8) is 0 Å². The van der Waals surface area contributed by atoms with Crippen molar-refractivity contribution in [1.29, 1.82) is 0 Å². The van der Waals surface area contributed by atoms with E-state index in [1.54, 1.807) is 25.3 Å². The van der Waals surface area contributed by atoms with E-state index < -0.39 is 29.3 Å². The Morgan fingerprint density at radius 1 is 1.03 bits per heavy atom. The number of esters is 1. The molecule has 1 aromatic rings. The minimum absolute atomic E-state index is 0.0124. The molecule has 1 saturated heterocycles. The largest absolute Gasteiger partial charge is 0.493 e. The Morgan fingerprint density at radius 3 is 2.49 bits per heavy atom. The molecule has 2 aliphatic rings. The number of methoxy groups -OCH3 is 2. The van der Waals surface area contributed by atoms with Crippen molar-refractivity contribution in [3.8, 4) is 17.2 Å². The van der Waals surface area contributed by atoms with E-state index in [1.807, 2.05) is 6.92 Å². The number of piperidine rings is 1. The van der Waals surface area contributed by atoms with E-state index in [2.05, 4.69) is 0 Å². The number of hydrogen-bond donors (Lipinski definition) is 1. The summed E-state index contributed by atoms with van der Waals surface area (Å²) in [5, 5.41) is 11.1. The van der Waals surface area contributed by atoms with Crippen LogP contribution >= 0.6 is 0 Å². The molecule has 2 fully saturated rings. The highest BCUT2D eigenvalue weighted by Gasteiger charge is 2.49. The second-order valence-electron chi connectivity index (χ2n) is 9.15. The second kappa shape index (κ2) is 12.2. The van der Waals surface area contributed by atoms with Crippen LogP contribution < -0.4 is 14.2 Å². The van der Waals surface area contributed by atoms with Crippen LogP contribution in [0.4, 0.5) is 0 Å². The molecule has 3 rings (SSSR count). The highest BCUT2D eigenvalue weighted by molar-refractivity contribution is 6.39. The van der Waals surface area contributed by atoms with Crippen LogP contribution in [0.2, 0.25) is 0 Å². The monoisotopic (exact) mass is 491 g/mol. The van der Waals surface area contributed by atoms with E-state index in [9.17, 15) is 19.5 Å². The summed E-state index contributed by atoms with van der Waals surface area (Å²) in [6.45, 7) is 2.31. The molecule has 0 spiro atoms. The lowest BCUT2D eigenvalue weighted by Gasteiger charge is -2.40. The SMILES string of the molecule is CC[C@@H]1CCCC[C@]1(O)C(=O)C(=O)N1CCCCC1C(=O)OCCOc1ccc(OC)c(OC)c1. The molecular formula is C26H37NO8. The van der Waals surface area contributed by atoms with Crippen molar-refractivity contribution in [2.24, 2.45) is 5.92 Å². The van der Waals surface area contributed by atoms with Gasteiger partial charge in [0, 0.05) is 12.6 Å². The number of nitrogens with zero attached hydrogens (tertiary/aromatic N) is 1. The molecule has 1 aliphatic heterocycles. The highest BCUT2D eigenvalue weighted by atomic mass is 16.6. The summed E-state index contributed by atoms with van der Waals surface area (Å²) in [6, 6.07) is 4.27. The lowest BCUT2D eigenvalue weighted by atomic mass is 9.71. The van der Waals surface area contributed by atoms with E-state index >= 15 is 0 Å². The zero-order chi connectivity index (χ0) is 25.4. The summed E-state index contributed by atoms with van der Waals surface area (Å²) in [5.74, 6) is -0.748. The Kier molecular flexibility index (Phi) is 9.37. The minimum atomic E-state index is -1.65. The fraction of sp³-hybridized carbons (Fsp3) is 0.654. The van der Waals surface area contributed by atoms with Crippen molar-refractivity contribution < 1.29 is 38.4 Å². The van der Waals surface area contributed by atoms with Gasteiger partial charge in [0.1, 0.15) is 30.6 Å². The molecule has 9 nitrogen and oxygen atoms in total. The molecule has 1 amide bonds. The third kappa shape index (κ3) is 6.07. The third-order valence-corrected chi connectivity index (χ3v) is 7.10. The van der Waals surface area contributed by atoms with Crippen LogP contribution in [0.3, 0.4) is 0 Å². The van der Waals surface area contributed by atoms with Crippen LogP contribution in [0, 0.1) is 5.92 Å². The predicted molar refractivity (Wildman–Crippen MR) is 128 cm³/mol. The van der Waals surface area contributed by atoms with Gasteiger partial charge in [0.25, 0.3) is 11.7 Å². The van der Waals surface area contributed by atoms with Crippen LogP contribution in [-0.2, 0) is 19.1 Å². The number of rotatable bonds is 10. The van der Waals surface area contributed by atoms with Crippen molar-refractivity contribution in [2.45, 2.75) is 69.9 Å². The van der Waals surface area contributed by atoms with Gasteiger partial charge in [0.2, 0.25) is 0 Å². The molecule has 9 heteroatoms. The highest BCUT2D eigenvalue weighted by Crippen LogP contribution is 2.37. The Labute approximate surface area is 206 Å². The minimum Gasteiger partial charge on any atom is -0.493 e. The normalized spacial score (nSPS) is 24.4. The zero-order valence-corrected chi connectivity index (χ0v) is 20.9. The van der Waals surface area contributed by atoms with E-state index in [0.717, 1.165) is 19.3 Å². The quantitative estimate of drug-likeness (QED) is 0.302. The van der Waals surface area contributed by atoms with E-state index in [-0.39, 0.29) is 25.6 Å². The lowest BCUT2D eigenvalue weighted by Crippen LogP contribution is -2.58. The average Bonchev–Trinajstić information content (AvgIpc) is 2.90. The fourth-order valence-electron chi connectivity index (χ4n) is 5.11. The molecule has 194 valence electrons. The number of benzene rings is 1. The standard InChI is InChI=1S/C26H37NO8/c1-4-18-9-5-7-13-26(18,31)23(28)24(29)27-14-8-6-10-20(27)25(30)35-16-15-34-19-11-12-21(32-2)22(17-19)33-3/h11-12,17-18,20,31H,4-10,13-16H2,1-3H3/t18-,20?,26-/m1/s1. The van der Waals surface area contributed by atoms with Crippen LogP contribution in [0.25, 0.3) is 0 Å². The molecule has 35 heavy (non-hydrogen) atoms. The number of Topliss-reactive ketones (excluding diaryl/α,β-unsaturated/α-hetero) is 1. The Morgan fingerprint density at radius 2 is 1.77 bits per heavy atom. The summed E-state index contributed by atoms with van der Waals surface area (Å²) in [4.78, 5) is 40.4. The topological polar surface area (TPSA) is 112 Å². The molecule has 3 atom stereocenters. The molecule has 0 bridgehead atoms. The van der Waals surface area contributed by atoms with Gasteiger partial charge in [-0.2, -0.15) is 0 Å². The molecular weight excluding hydrogens is 454 g/mol. The van der Waals surface area contributed by atoms with E-state index in [4.69, 9.17) is 18.9 Å². The van der Waals surface area contributed by atoms with Crippen molar-refractivity contribution in [1.82, 2.24) is 4.90 Å². The third-order valence-electron chi connectivity index (χ3n) is 7.10. The van der Waals surface area contributed by atoms with E-state index in [0.29, 0.717) is 49.5 Å². The molecule has 0 aromatic heterocycles. The van der Waals surface area contributed by atoms with Gasteiger partial charge in [-0.15, -0.1) is 0 Å². The first kappa shape index (κ1) is 26.8. The first-order valence-corrected chi connectivity index (χ1v) is 12.4. The number of carbonyl (C=O) groups is 3. The van der Waals surface area contributed by atoms with Gasteiger partial charge in [-0.25, -0.2) is 4.79 Å². The number of carbonyl (C=O) groups excluding carboxylic acids is 3. The Balaban J connectivity index is 1.57. The van der Waals surface area contributed by atoms with E-state index in [1.165, 1.54) is 12.0 Å². The van der Waals surface area contributed by atoms with Gasteiger partial charge in [-0.1, -0.05) is 26.2 Å². The van der Waals surface area contributed by atoms with Gasteiger partial charge in [-0.05, 0) is 50.2 Å². The van der Waals surface area contributed by atoms with Crippen LogP contribution in [0.15, 0.2) is 18.2 Å². The summed E-state index contributed by atoms with van der Waals surface area (Å²) in [7, 11) is 3.07. The number of aliphatic hydroxyl groups is 1. The zero-order valence-electron chi connectivity index (χ0n) is 20.9. The molecule has 0 radical (unpaired) electrons. The fourth-order valence-corrected chi connectivity index (χ4v) is 5.11. The van der Waals surface area contributed by atoms with Gasteiger partial charge in [0.15, 0.2) is 11.5 Å². The average molecular weight is 492 g/mol. The van der Waals surface area contributed by atoms with Gasteiger partial charge < -0.3 is 29.0 Å². The van der Waals surface area contributed by atoms with Crippen molar-refractivity contribution in [2.75, 3.05) is 34.0 Å². The predicted octanol–water partition coefficient (Wildman–Crippen LogP) is 2.91. The molecule has 1 heterocycles. The van der Waals surface area contributed by atoms with Crippen LogP contribution in [0.1, 0.15) is 58.3 Å². The maximum absolute atomic E-state index is 13.2. The molecule has 1 aromatic carbocycles. The first-order valence-electron chi connectivity index (χ1n) is 12.4. The van der Waals surface area contributed by atoms with Crippen LogP contribution in [0.5, 0.6) is 17.2 Å². The number of amides is 1. The van der Waals surface area contributed by atoms with Crippen molar-refractivity contribution >= 4 is 17.7 Å². The smallest absolute Gasteiger partial charge is 0.328 e. The molecule has 1 N–H and O–H groups in total. The summed E-state index contributed by atoms with van der Waals surface area (Å²) < 4.78 is 21.5. The number of likely N-dealkylation sites (tertiary alicyclic amines) is 1. The lowest BCUT2D eigenvalue weighted by molar-refractivity contribution is -0.168. The van der Waals surface area contributed by atoms with Gasteiger partial charge in [-0.3, -0.25) is 9.59 Å². The first-order chi connectivity index (χ1) is 16.8. The van der Waals surface area contributed by atoms with Crippen LogP contribution in [-0.4, -0.2) is 73.3 Å². The summed E-state index contributed by atoms with van der Waals surface area (Å²) in [5.41, 5.74) is -1.65. The number of hydrogen-bond acceptors (Lipinski definition) is 8. The van der Waals surface area contributed by atoms with Crippen molar-refractivity contribution in [3.05, 3.63) is 18.2 Å². The molecule has 1 unspecified atom stereocenters. The van der Waals surface area contributed by atoms with Gasteiger partial charge >= 0.3 is 5.97 Å². The summed E-state index contributed by atoms with van der Waals surface area (Å²) >= 11 is 0. The Bertz CT molecular complexity index is 903. The molecule has 1 saturated carbocycles. The second-order valence-corrected chi connectivity index (χ2v) is 9.15. The van der Waals surface area contributed by atoms with Gasteiger partial charge in [0.05, 0.1) is 14.2 Å². The molecule has 1 aliphatic carbocycles.